The van der Waals surface area contributed by atoms with E-state index >= 15 is 0 Å². The fourth-order valence-electron chi connectivity index (χ4n) is 1.98. The quantitative estimate of drug-likeness (QED) is 0.259. The van der Waals surface area contributed by atoms with Crippen molar-refractivity contribution in [3.8, 4) is 0 Å². The van der Waals surface area contributed by atoms with Gasteiger partial charge in [-0.25, -0.2) is 0 Å². The van der Waals surface area contributed by atoms with E-state index in [1.54, 1.807) is 0 Å². The van der Waals surface area contributed by atoms with E-state index in [1.807, 2.05) is 6.08 Å². The molecule has 0 aliphatic heterocycles. The Bertz CT molecular complexity index is 240. The molecule has 0 unspecified atom stereocenters. The van der Waals surface area contributed by atoms with E-state index in [2.05, 4.69) is 47.4 Å². The molecule has 0 bridgehead atoms. The molecular formula is C17H36OSi. The van der Waals surface area contributed by atoms with Gasteiger partial charge >= 0.3 is 0 Å². The van der Waals surface area contributed by atoms with Gasteiger partial charge in [0.2, 0.25) is 0 Å². The number of rotatable bonds is 10. The highest BCUT2D eigenvalue weighted by molar-refractivity contribution is 6.74. The maximum absolute atomic E-state index is 6.52. The number of hydrogen-bond acceptors (Lipinski definition) is 1. The lowest BCUT2D eigenvalue weighted by atomic mass is 10.1. The normalized spacial score (nSPS) is 14.4. The maximum atomic E-state index is 6.52. The predicted octanol–water partition coefficient (Wildman–Crippen LogP) is 6.31. The van der Waals surface area contributed by atoms with E-state index in [1.165, 1.54) is 38.5 Å². The number of hydrogen-bond donors (Lipinski definition) is 0. The second-order valence-corrected chi connectivity index (χ2v) is 12.0. The van der Waals surface area contributed by atoms with E-state index in [4.69, 9.17) is 4.43 Å². The molecule has 0 rings (SSSR count). The van der Waals surface area contributed by atoms with Gasteiger partial charge < -0.3 is 4.43 Å². The molecule has 0 aromatic heterocycles. The van der Waals surface area contributed by atoms with E-state index in [0.717, 1.165) is 6.42 Å². The van der Waals surface area contributed by atoms with Crippen LogP contribution in [0, 0.1) is 0 Å². The molecular weight excluding hydrogens is 248 g/mol. The summed E-state index contributed by atoms with van der Waals surface area (Å²) in [7, 11) is -1.63. The van der Waals surface area contributed by atoms with Gasteiger partial charge in [-0.05, 0) is 31.0 Å². The molecule has 1 nitrogen and oxygen atoms in total. The highest BCUT2D eigenvalue weighted by Crippen LogP contribution is 2.38. The van der Waals surface area contributed by atoms with Gasteiger partial charge in [0.25, 0.3) is 0 Å². The summed E-state index contributed by atoms with van der Waals surface area (Å²) in [5.41, 5.74) is 0. The number of unbranched alkanes of at least 4 members (excludes halogenated alkanes) is 4. The minimum Gasteiger partial charge on any atom is -0.414 e. The monoisotopic (exact) mass is 284 g/mol. The summed E-state index contributed by atoms with van der Waals surface area (Å²) < 4.78 is 6.52. The van der Waals surface area contributed by atoms with Gasteiger partial charge in [0.1, 0.15) is 0 Å². The van der Waals surface area contributed by atoms with Crippen molar-refractivity contribution >= 4 is 8.32 Å². The van der Waals surface area contributed by atoms with E-state index < -0.39 is 8.32 Å². The van der Waals surface area contributed by atoms with Crippen molar-refractivity contribution < 1.29 is 4.43 Å². The molecule has 0 saturated carbocycles. The Morgan fingerprint density at radius 2 is 1.68 bits per heavy atom. The Balaban J connectivity index is 4.22. The lowest BCUT2D eigenvalue weighted by Gasteiger charge is -2.39. The summed E-state index contributed by atoms with van der Waals surface area (Å²) in [6.45, 7) is 17.8. The highest BCUT2D eigenvalue weighted by atomic mass is 28.4. The van der Waals surface area contributed by atoms with Crippen LogP contribution < -0.4 is 0 Å². The highest BCUT2D eigenvalue weighted by Gasteiger charge is 2.38. The van der Waals surface area contributed by atoms with Crippen LogP contribution in [0.15, 0.2) is 12.7 Å². The van der Waals surface area contributed by atoms with Gasteiger partial charge in [0.15, 0.2) is 8.32 Å². The molecule has 0 aromatic carbocycles. The van der Waals surface area contributed by atoms with Gasteiger partial charge in [-0.1, -0.05) is 65.9 Å². The van der Waals surface area contributed by atoms with Crippen LogP contribution in [0.3, 0.4) is 0 Å². The van der Waals surface area contributed by atoms with Crippen molar-refractivity contribution in [2.45, 2.75) is 96.9 Å². The minimum absolute atomic E-state index is 0.300. The van der Waals surface area contributed by atoms with Crippen LogP contribution in [0.2, 0.25) is 18.1 Å². The predicted molar refractivity (Wildman–Crippen MR) is 90.3 cm³/mol. The molecule has 1 atom stereocenters. The standard InChI is InChI=1S/C17H36OSi/c1-8-10-11-12-13-15-16(14-9-2)18-19(6,7)17(3,4)5/h9,16H,2,8,10-15H2,1,3-7H3/t16-/m1/s1. The zero-order valence-electron chi connectivity index (χ0n) is 14.2. The Kier molecular flexibility index (Phi) is 8.92. The molecule has 0 N–H and O–H groups in total. The molecule has 114 valence electrons. The van der Waals surface area contributed by atoms with Crippen molar-refractivity contribution in [2.75, 3.05) is 0 Å². The third kappa shape index (κ3) is 7.94. The van der Waals surface area contributed by atoms with Crippen LogP contribution in [0.1, 0.15) is 72.6 Å². The Labute approximate surface area is 123 Å². The fraction of sp³-hybridized carbons (Fsp3) is 0.882. The molecule has 0 aliphatic rings. The van der Waals surface area contributed by atoms with Crippen LogP contribution in [-0.4, -0.2) is 14.4 Å². The third-order valence-electron chi connectivity index (χ3n) is 4.33. The molecule has 19 heavy (non-hydrogen) atoms. The molecule has 0 radical (unpaired) electrons. The summed E-state index contributed by atoms with van der Waals surface area (Å²) in [4.78, 5) is 0. The summed E-state index contributed by atoms with van der Waals surface area (Å²) in [6, 6.07) is 0. The second kappa shape index (κ2) is 8.96. The molecule has 0 heterocycles. The first-order valence-electron chi connectivity index (χ1n) is 8.03. The minimum atomic E-state index is -1.63. The van der Waals surface area contributed by atoms with Crippen LogP contribution in [-0.2, 0) is 4.43 Å². The van der Waals surface area contributed by atoms with Crippen molar-refractivity contribution in [3.63, 3.8) is 0 Å². The molecule has 0 amide bonds. The summed E-state index contributed by atoms with van der Waals surface area (Å²) in [5, 5.41) is 0.300. The topological polar surface area (TPSA) is 9.23 Å². The van der Waals surface area contributed by atoms with Gasteiger partial charge in [-0.3, -0.25) is 0 Å². The zero-order valence-corrected chi connectivity index (χ0v) is 15.2. The first-order chi connectivity index (χ1) is 8.74. The summed E-state index contributed by atoms with van der Waals surface area (Å²) in [5.74, 6) is 0. The average Bonchev–Trinajstić information content (AvgIpc) is 2.27. The SMILES string of the molecule is C=CC[C@H](CCCCCCC)O[Si](C)(C)C(C)(C)C. The van der Waals surface area contributed by atoms with Gasteiger partial charge in [-0.2, -0.15) is 0 Å². The van der Waals surface area contributed by atoms with Crippen molar-refractivity contribution in [3.05, 3.63) is 12.7 Å². The lowest BCUT2D eigenvalue weighted by molar-refractivity contribution is 0.170. The molecule has 2 heteroatoms. The Morgan fingerprint density at radius 1 is 1.11 bits per heavy atom. The first kappa shape index (κ1) is 18.9. The molecule has 0 saturated heterocycles. The third-order valence-corrected chi connectivity index (χ3v) is 8.86. The maximum Gasteiger partial charge on any atom is 0.192 e. The van der Waals surface area contributed by atoms with Gasteiger partial charge in [-0.15, -0.1) is 6.58 Å². The fourth-order valence-corrected chi connectivity index (χ4v) is 3.38. The van der Waals surface area contributed by atoms with Gasteiger partial charge in [0, 0.05) is 6.10 Å². The molecule has 0 aliphatic carbocycles. The summed E-state index contributed by atoms with van der Waals surface area (Å²) in [6.07, 6.45) is 11.3. The second-order valence-electron chi connectivity index (χ2n) is 7.23. The van der Waals surface area contributed by atoms with E-state index in [0.29, 0.717) is 11.1 Å². The molecule has 0 aromatic rings. The van der Waals surface area contributed by atoms with Crippen LogP contribution in [0.25, 0.3) is 0 Å². The zero-order chi connectivity index (χ0) is 14.9. The largest absolute Gasteiger partial charge is 0.414 e. The summed E-state index contributed by atoms with van der Waals surface area (Å²) >= 11 is 0. The Hall–Kier alpha value is -0.0831. The van der Waals surface area contributed by atoms with Crippen LogP contribution >= 0.6 is 0 Å². The van der Waals surface area contributed by atoms with Crippen molar-refractivity contribution in [1.29, 1.82) is 0 Å². The molecule has 0 spiro atoms. The smallest absolute Gasteiger partial charge is 0.192 e. The van der Waals surface area contributed by atoms with Crippen molar-refractivity contribution in [2.24, 2.45) is 0 Å². The van der Waals surface area contributed by atoms with Crippen LogP contribution in [0.4, 0.5) is 0 Å². The van der Waals surface area contributed by atoms with E-state index in [9.17, 15) is 0 Å². The average molecular weight is 285 g/mol. The molecule has 0 fully saturated rings. The Morgan fingerprint density at radius 3 is 2.16 bits per heavy atom. The lowest BCUT2D eigenvalue weighted by Crippen LogP contribution is -2.43. The van der Waals surface area contributed by atoms with E-state index in [-0.39, 0.29) is 0 Å². The van der Waals surface area contributed by atoms with Crippen molar-refractivity contribution in [1.82, 2.24) is 0 Å². The van der Waals surface area contributed by atoms with Crippen LogP contribution in [0.5, 0.6) is 0 Å². The van der Waals surface area contributed by atoms with Gasteiger partial charge in [0.05, 0.1) is 0 Å². The first-order valence-corrected chi connectivity index (χ1v) is 10.9.